The Hall–Kier alpha value is -1.09. The molecule has 0 aliphatic heterocycles. The zero-order valence-corrected chi connectivity index (χ0v) is 9.51. The van der Waals surface area contributed by atoms with E-state index < -0.39 is 0 Å². The lowest BCUT2D eigenvalue weighted by atomic mass is 10.2. The molecule has 1 rings (SSSR count). The second-order valence-corrected chi connectivity index (χ2v) is 3.92. The van der Waals surface area contributed by atoms with E-state index in [9.17, 15) is 4.39 Å². The average molecular weight is 211 g/mol. The maximum atomic E-state index is 13.4. The molecule has 0 spiro atoms. The van der Waals surface area contributed by atoms with Crippen LogP contribution in [-0.2, 0) is 4.74 Å². The molecule has 1 atom stereocenters. The Kier molecular flexibility index (Phi) is 4.56. The largest absolute Gasteiger partial charge is 0.384 e. The zero-order valence-electron chi connectivity index (χ0n) is 9.51. The first-order valence-electron chi connectivity index (χ1n) is 5.12. The molecular formula is C12H18FNO. The molecule has 1 unspecified atom stereocenters. The molecule has 15 heavy (non-hydrogen) atoms. The Bertz CT molecular complexity index is 314. The first-order chi connectivity index (χ1) is 7.13. The van der Waals surface area contributed by atoms with E-state index in [1.165, 1.54) is 6.07 Å². The summed E-state index contributed by atoms with van der Waals surface area (Å²) in [6.45, 7) is 5.33. The van der Waals surface area contributed by atoms with Crippen molar-refractivity contribution in [2.75, 3.05) is 25.6 Å². The number of benzene rings is 1. The number of aryl methyl sites for hydroxylation is 1. The van der Waals surface area contributed by atoms with Gasteiger partial charge in [-0.05, 0) is 30.5 Å². The van der Waals surface area contributed by atoms with Crippen LogP contribution >= 0.6 is 0 Å². The molecule has 84 valence electrons. The minimum atomic E-state index is -0.195. The lowest BCUT2D eigenvalue weighted by molar-refractivity contribution is 0.164. The summed E-state index contributed by atoms with van der Waals surface area (Å²) < 4.78 is 18.4. The van der Waals surface area contributed by atoms with Crippen molar-refractivity contribution in [2.24, 2.45) is 5.92 Å². The molecule has 0 aliphatic carbocycles. The van der Waals surface area contributed by atoms with Crippen molar-refractivity contribution in [3.63, 3.8) is 0 Å². The molecule has 1 N–H and O–H groups in total. The number of hydrogen-bond donors (Lipinski definition) is 1. The quantitative estimate of drug-likeness (QED) is 0.808. The third-order valence-electron chi connectivity index (χ3n) is 2.22. The van der Waals surface area contributed by atoms with E-state index in [1.54, 1.807) is 13.2 Å². The summed E-state index contributed by atoms with van der Waals surface area (Å²) in [6.07, 6.45) is 0. The molecule has 0 aliphatic rings. The summed E-state index contributed by atoms with van der Waals surface area (Å²) in [7, 11) is 1.67. The van der Waals surface area contributed by atoms with Gasteiger partial charge < -0.3 is 10.1 Å². The summed E-state index contributed by atoms with van der Waals surface area (Å²) in [5, 5.41) is 3.07. The zero-order chi connectivity index (χ0) is 11.3. The number of methoxy groups -OCH3 is 1. The summed E-state index contributed by atoms with van der Waals surface area (Å²) in [5.74, 6) is 0.176. The van der Waals surface area contributed by atoms with Gasteiger partial charge in [-0.15, -0.1) is 0 Å². The Morgan fingerprint density at radius 2 is 2.20 bits per heavy atom. The molecule has 3 heteroatoms. The highest BCUT2D eigenvalue weighted by molar-refractivity contribution is 5.46. The van der Waals surface area contributed by atoms with Gasteiger partial charge in [0, 0.05) is 13.7 Å². The smallest absolute Gasteiger partial charge is 0.146 e. The van der Waals surface area contributed by atoms with Crippen LogP contribution in [0.2, 0.25) is 0 Å². The standard InChI is InChI=1S/C12H18FNO/c1-9-4-5-12(11(13)6-9)14-7-10(2)8-15-3/h4-6,10,14H,7-8H2,1-3H3. The van der Waals surface area contributed by atoms with Crippen LogP contribution in [0, 0.1) is 18.7 Å². The van der Waals surface area contributed by atoms with Gasteiger partial charge in [-0.25, -0.2) is 4.39 Å². The Balaban J connectivity index is 2.50. The number of hydrogen-bond acceptors (Lipinski definition) is 2. The summed E-state index contributed by atoms with van der Waals surface area (Å²) in [4.78, 5) is 0. The molecule has 0 fully saturated rings. The fraction of sp³-hybridized carbons (Fsp3) is 0.500. The highest BCUT2D eigenvalue weighted by Crippen LogP contribution is 2.15. The van der Waals surface area contributed by atoms with Crippen LogP contribution in [-0.4, -0.2) is 20.3 Å². The van der Waals surface area contributed by atoms with Gasteiger partial charge in [-0.1, -0.05) is 13.0 Å². The van der Waals surface area contributed by atoms with Crippen LogP contribution in [0.3, 0.4) is 0 Å². The molecule has 0 saturated carbocycles. The number of anilines is 1. The second kappa shape index (κ2) is 5.71. The van der Waals surface area contributed by atoms with Crippen molar-refractivity contribution in [1.29, 1.82) is 0 Å². The van der Waals surface area contributed by atoms with Gasteiger partial charge in [0.2, 0.25) is 0 Å². The van der Waals surface area contributed by atoms with Crippen molar-refractivity contribution in [3.05, 3.63) is 29.6 Å². The minimum Gasteiger partial charge on any atom is -0.384 e. The van der Waals surface area contributed by atoms with Gasteiger partial charge in [0.15, 0.2) is 0 Å². The first-order valence-corrected chi connectivity index (χ1v) is 5.12. The molecular weight excluding hydrogens is 193 g/mol. The topological polar surface area (TPSA) is 21.3 Å². The first kappa shape index (κ1) is 12.0. The molecule has 1 aromatic rings. The van der Waals surface area contributed by atoms with Crippen LogP contribution in [0.25, 0.3) is 0 Å². The van der Waals surface area contributed by atoms with Crippen molar-refractivity contribution in [1.82, 2.24) is 0 Å². The molecule has 0 heterocycles. The van der Waals surface area contributed by atoms with E-state index in [0.29, 0.717) is 24.8 Å². The van der Waals surface area contributed by atoms with E-state index in [2.05, 4.69) is 12.2 Å². The summed E-state index contributed by atoms with van der Waals surface area (Å²) >= 11 is 0. The van der Waals surface area contributed by atoms with Crippen molar-refractivity contribution in [2.45, 2.75) is 13.8 Å². The number of halogens is 1. The van der Waals surface area contributed by atoms with Gasteiger partial charge in [0.1, 0.15) is 5.82 Å². The van der Waals surface area contributed by atoms with Gasteiger partial charge in [0.25, 0.3) is 0 Å². The van der Waals surface area contributed by atoms with E-state index in [4.69, 9.17) is 4.74 Å². The lowest BCUT2D eigenvalue weighted by Gasteiger charge is -2.13. The Morgan fingerprint density at radius 1 is 1.47 bits per heavy atom. The molecule has 1 aromatic carbocycles. The third kappa shape index (κ3) is 3.88. The fourth-order valence-electron chi connectivity index (χ4n) is 1.39. The predicted octanol–water partition coefficient (Wildman–Crippen LogP) is 2.83. The number of nitrogens with one attached hydrogen (secondary N) is 1. The molecule has 0 radical (unpaired) electrons. The maximum absolute atomic E-state index is 13.4. The van der Waals surface area contributed by atoms with Crippen molar-refractivity contribution < 1.29 is 9.13 Å². The molecule has 2 nitrogen and oxygen atoms in total. The van der Waals surface area contributed by atoms with Crippen LogP contribution in [0.1, 0.15) is 12.5 Å². The van der Waals surface area contributed by atoms with Crippen molar-refractivity contribution in [3.8, 4) is 0 Å². The van der Waals surface area contributed by atoms with Gasteiger partial charge in [0.05, 0.1) is 12.3 Å². The van der Waals surface area contributed by atoms with Gasteiger partial charge in [-0.3, -0.25) is 0 Å². The molecule has 0 saturated heterocycles. The van der Waals surface area contributed by atoms with Gasteiger partial charge >= 0.3 is 0 Å². The van der Waals surface area contributed by atoms with Crippen LogP contribution < -0.4 is 5.32 Å². The monoisotopic (exact) mass is 211 g/mol. The molecule has 0 bridgehead atoms. The highest BCUT2D eigenvalue weighted by Gasteiger charge is 2.04. The SMILES string of the molecule is COCC(C)CNc1ccc(C)cc1F. The Morgan fingerprint density at radius 3 is 2.80 bits per heavy atom. The van der Waals surface area contributed by atoms with E-state index in [-0.39, 0.29) is 5.82 Å². The van der Waals surface area contributed by atoms with Crippen molar-refractivity contribution >= 4 is 5.69 Å². The van der Waals surface area contributed by atoms with Crippen LogP contribution in [0.5, 0.6) is 0 Å². The fourth-order valence-corrected chi connectivity index (χ4v) is 1.39. The average Bonchev–Trinajstić information content (AvgIpc) is 2.17. The third-order valence-corrected chi connectivity index (χ3v) is 2.22. The number of rotatable bonds is 5. The minimum absolute atomic E-state index is 0.195. The lowest BCUT2D eigenvalue weighted by Crippen LogP contribution is -2.16. The summed E-state index contributed by atoms with van der Waals surface area (Å²) in [6, 6.07) is 5.19. The van der Waals surface area contributed by atoms with E-state index in [0.717, 1.165) is 5.56 Å². The van der Waals surface area contributed by atoms with Crippen LogP contribution in [0.4, 0.5) is 10.1 Å². The highest BCUT2D eigenvalue weighted by atomic mass is 19.1. The van der Waals surface area contributed by atoms with E-state index >= 15 is 0 Å². The predicted molar refractivity (Wildman–Crippen MR) is 60.7 cm³/mol. The molecule has 0 amide bonds. The molecule has 0 aromatic heterocycles. The Labute approximate surface area is 90.4 Å². The van der Waals surface area contributed by atoms with E-state index in [1.807, 2.05) is 13.0 Å². The number of ether oxygens (including phenoxy) is 1. The van der Waals surface area contributed by atoms with Gasteiger partial charge in [-0.2, -0.15) is 0 Å². The normalized spacial score (nSPS) is 12.5. The summed E-state index contributed by atoms with van der Waals surface area (Å²) in [5.41, 5.74) is 1.49. The maximum Gasteiger partial charge on any atom is 0.146 e. The van der Waals surface area contributed by atoms with Crippen LogP contribution in [0.15, 0.2) is 18.2 Å². The second-order valence-electron chi connectivity index (χ2n) is 3.92.